The van der Waals surface area contributed by atoms with E-state index >= 15 is 0 Å². The molecule has 2 aromatic rings. The van der Waals surface area contributed by atoms with Crippen molar-refractivity contribution in [2.45, 2.75) is 18.8 Å². The minimum absolute atomic E-state index is 0.101. The van der Waals surface area contributed by atoms with Crippen LogP contribution in [0, 0.1) is 17.1 Å². The third-order valence-corrected chi connectivity index (χ3v) is 2.99. The first kappa shape index (κ1) is 12.3. The topological polar surface area (TPSA) is 23.8 Å². The summed E-state index contributed by atoms with van der Waals surface area (Å²) in [6.07, 6.45) is 1.54. The Labute approximate surface area is 107 Å². The third kappa shape index (κ3) is 3.18. The molecule has 0 fully saturated rings. The number of halogens is 1. The van der Waals surface area contributed by atoms with Gasteiger partial charge < -0.3 is 0 Å². The van der Waals surface area contributed by atoms with Gasteiger partial charge in [0.05, 0.1) is 12.0 Å². The average Bonchev–Trinajstić information content (AvgIpc) is 2.43. The lowest BCUT2D eigenvalue weighted by molar-refractivity contribution is 0.626. The average molecular weight is 239 g/mol. The van der Waals surface area contributed by atoms with Crippen LogP contribution in [-0.2, 0) is 6.42 Å². The molecule has 0 heterocycles. The second-order valence-electron chi connectivity index (χ2n) is 4.26. The zero-order valence-corrected chi connectivity index (χ0v) is 10.0. The lowest BCUT2D eigenvalue weighted by Gasteiger charge is -2.09. The molecule has 0 aliphatic heterocycles. The number of aryl methyl sites for hydroxylation is 1. The maximum absolute atomic E-state index is 12.8. The molecule has 0 aromatic heterocycles. The van der Waals surface area contributed by atoms with Gasteiger partial charge in [-0.05, 0) is 36.1 Å². The number of benzene rings is 2. The number of nitrogens with zero attached hydrogens (tertiary/aromatic N) is 1. The second-order valence-corrected chi connectivity index (χ2v) is 4.26. The SMILES string of the molecule is N#CC(CCc1ccc(F)cc1)c1ccccc1. The van der Waals surface area contributed by atoms with Crippen molar-refractivity contribution < 1.29 is 4.39 Å². The Bertz CT molecular complexity index is 525. The van der Waals surface area contributed by atoms with Gasteiger partial charge in [-0.1, -0.05) is 42.5 Å². The summed E-state index contributed by atoms with van der Waals surface area (Å²) >= 11 is 0. The number of rotatable bonds is 4. The molecule has 90 valence electrons. The molecule has 2 aromatic carbocycles. The maximum atomic E-state index is 12.8. The lowest BCUT2D eigenvalue weighted by Crippen LogP contribution is -1.98. The van der Waals surface area contributed by atoms with Crippen molar-refractivity contribution >= 4 is 0 Å². The number of hydrogen-bond acceptors (Lipinski definition) is 1. The summed E-state index contributed by atoms with van der Waals surface area (Å²) in [5, 5.41) is 9.19. The largest absolute Gasteiger partial charge is 0.207 e. The monoisotopic (exact) mass is 239 g/mol. The van der Waals surface area contributed by atoms with E-state index in [1.165, 1.54) is 12.1 Å². The summed E-state index contributed by atoms with van der Waals surface area (Å²) in [5.41, 5.74) is 2.11. The molecule has 0 aliphatic carbocycles. The first-order chi connectivity index (χ1) is 8.79. The fourth-order valence-corrected chi connectivity index (χ4v) is 1.95. The quantitative estimate of drug-likeness (QED) is 0.789. The smallest absolute Gasteiger partial charge is 0.123 e. The first-order valence-corrected chi connectivity index (χ1v) is 5.98. The van der Waals surface area contributed by atoms with E-state index in [0.717, 1.165) is 24.0 Å². The van der Waals surface area contributed by atoms with Crippen molar-refractivity contribution in [3.8, 4) is 6.07 Å². The van der Waals surface area contributed by atoms with E-state index in [9.17, 15) is 9.65 Å². The zero-order valence-electron chi connectivity index (χ0n) is 10.0. The van der Waals surface area contributed by atoms with Gasteiger partial charge in [-0.25, -0.2) is 4.39 Å². The highest BCUT2D eigenvalue weighted by molar-refractivity contribution is 5.25. The van der Waals surface area contributed by atoms with Crippen molar-refractivity contribution in [3.05, 3.63) is 71.5 Å². The molecule has 1 unspecified atom stereocenters. The van der Waals surface area contributed by atoms with Crippen LogP contribution in [0.3, 0.4) is 0 Å². The van der Waals surface area contributed by atoms with Crippen LogP contribution in [0.4, 0.5) is 4.39 Å². The Kier molecular flexibility index (Phi) is 4.09. The standard InChI is InChI=1S/C16H14FN/c17-16-10-7-13(8-11-16)6-9-15(12-18)14-4-2-1-3-5-14/h1-5,7-8,10-11,15H,6,9H2. The van der Waals surface area contributed by atoms with E-state index in [1.807, 2.05) is 30.3 Å². The van der Waals surface area contributed by atoms with Gasteiger partial charge >= 0.3 is 0 Å². The van der Waals surface area contributed by atoms with E-state index in [1.54, 1.807) is 12.1 Å². The molecule has 0 spiro atoms. The van der Waals surface area contributed by atoms with Gasteiger partial charge in [0.15, 0.2) is 0 Å². The minimum Gasteiger partial charge on any atom is -0.207 e. The van der Waals surface area contributed by atoms with Crippen molar-refractivity contribution in [2.75, 3.05) is 0 Å². The molecule has 2 heteroatoms. The molecule has 1 nitrogen and oxygen atoms in total. The van der Waals surface area contributed by atoms with E-state index in [2.05, 4.69) is 6.07 Å². The van der Waals surface area contributed by atoms with Gasteiger partial charge in [-0.2, -0.15) is 5.26 Å². The molecule has 0 bridgehead atoms. The molecule has 0 saturated heterocycles. The highest BCUT2D eigenvalue weighted by Crippen LogP contribution is 2.20. The molecular weight excluding hydrogens is 225 g/mol. The molecular formula is C16H14FN. The van der Waals surface area contributed by atoms with E-state index in [0.29, 0.717) is 0 Å². The van der Waals surface area contributed by atoms with Crippen LogP contribution in [0.2, 0.25) is 0 Å². The van der Waals surface area contributed by atoms with Crippen molar-refractivity contribution in [1.29, 1.82) is 5.26 Å². The molecule has 18 heavy (non-hydrogen) atoms. The Morgan fingerprint density at radius 1 is 1.00 bits per heavy atom. The van der Waals surface area contributed by atoms with Crippen LogP contribution < -0.4 is 0 Å². The molecule has 0 amide bonds. The van der Waals surface area contributed by atoms with Crippen LogP contribution in [0.5, 0.6) is 0 Å². The van der Waals surface area contributed by atoms with E-state index in [-0.39, 0.29) is 11.7 Å². The Hall–Kier alpha value is -2.14. The summed E-state index contributed by atoms with van der Waals surface area (Å²) in [6, 6.07) is 18.6. The molecule has 0 radical (unpaired) electrons. The molecule has 0 aliphatic rings. The highest BCUT2D eigenvalue weighted by atomic mass is 19.1. The van der Waals surface area contributed by atoms with Crippen LogP contribution in [0.1, 0.15) is 23.5 Å². The van der Waals surface area contributed by atoms with Gasteiger partial charge in [0, 0.05) is 0 Å². The van der Waals surface area contributed by atoms with Gasteiger partial charge in [-0.3, -0.25) is 0 Å². The summed E-state index contributed by atoms with van der Waals surface area (Å²) in [7, 11) is 0. The second kappa shape index (κ2) is 5.97. The Morgan fingerprint density at radius 3 is 2.28 bits per heavy atom. The molecule has 2 rings (SSSR count). The summed E-state index contributed by atoms with van der Waals surface area (Å²) in [4.78, 5) is 0. The molecule has 0 N–H and O–H groups in total. The predicted molar refractivity (Wildman–Crippen MR) is 69.5 cm³/mol. The summed E-state index contributed by atoms with van der Waals surface area (Å²) in [6.45, 7) is 0. The maximum Gasteiger partial charge on any atom is 0.123 e. The lowest BCUT2D eigenvalue weighted by atomic mass is 9.94. The number of hydrogen-bond donors (Lipinski definition) is 0. The van der Waals surface area contributed by atoms with Crippen LogP contribution >= 0.6 is 0 Å². The minimum atomic E-state index is -0.223. The number of nitriles is 1. The van der Waals surface area contributed by atoms with E-state index in [4.69, 9.17) is 0 Å². The van der Waals surface area contributed by atoms with Gasteiger partial charge in [-0.15, -0.1) is 0 Å². The van der Waals surface area contributed by atoms with Crippen molar-refractivity contribution in [2.24, 2.45) is 0 Å². The van der Waals surface area contributed by atoms with Crippen LogP contribution in [0.25, 0.3) is 0 Å². The zero-order chi connectivity index (χ0) is 12.8. The van der Waals surface area contributed by atoms with Crippen LogP contribution in [0.15, 0.2) is 54.6 Å². The fourth-order valence-electron chi connectivity index (χ4n) is 1.95. The summed E-state index contributed by atoms with van der Waals surface area (Å²) < 4.78 is 12.8. The van der Waals surface area contributed by atoms with Gasteiger partial charge in [0.25, 0.3) is 0 Å². The normalized spacial score (nSPS) is 11.8. The van der Waals surface area contributed by atoms with Crippen molar-refractivity contribution in [1.82, 2.24) is 0 Å². The molecule has 1 atom stereocenters. The molecule has 0 saturated carbocycles. The Balaban J connectivity index is 2.00. The van der Waals surface area contributed by atoms with Gasteiger partial charge in [0.1, 0.15) is 5.82 Å². The first-order valence-electron chi connectivity index (χ1n) is 5.98. The van der Waals surface area contributed by atoms with Crippen LogP contribution in [-0.4, -0.2) is 0 Å². The summed E-state index contributed by atoms with van der Waals surface area (Å²) in [5.74, 6) is -0.324. The van der Waals surface area contributed by atoms with Gasteiger partial charge in [0.2, 0.25) is 0 Å². The third-order valence-electron chi connectivity index (χ3n) is 2.99. The Morgan fingerprint density at radius 2 is 1.67 bits per heavy atom. The van der Waals surface area contributed by atoms with Crippen molar-refractivity contribution in [3.63, 3.8) is 0 Å². The fraction of sp³-hybridized carbons (Fsp3) is 0.188. The predicted octanol–water partition coefficient (Wildman–Crippen LogP) is 4.07. The highest BCUT2D eigenvalue weighted by Gasteiger charge is 2.09. The van der Waals surface area contributed by atoms with E-state index < -0.39 is 0 Å².